The fourth-order valence-corrected chi connectivity index (χ4v) is 3.18. The number of aromatic nitrogens is 2. The van der Waals surface area contributed by atoms with E-state index < -0.39 is 5.97 Å². The van der Waals surface area contributed by atoms with E-state index in [1.165, 1.54) is 12.1 Å². The molecule has 2 aromatic rings. The highest BCUT2D eigenvalue weighted by molar-refractivity contribution is 5.93. The molecule has 1 unspecified atom stereocenters. The van der Waals surface area contributed by atoms with E-state index in [1.54, 1.807) is 23.1 Å². The summed E-state index contributed by atoms with van der Waals surface area (Å²) < 4.78 is 13.0. The molecule has 132 valence electrons. The Hall–Kier alpha value is -2.70. The standard InChI is InChI=1S/C18H20FN3O3/c19-14-6-4-13(5-7-14)15-10-16(21-20-15)18(25)22-9-1-2-12(11-22)3-8-17(23)24/h4-7,10,12H,1-3,8-9,11H2,(H,20,21)(H,23,24). The highest BCUT2D eigenvalue weighted by Crippen LogP contribution is 2.23. The van der Waals surface area contributed by atoms with Gasteiger partial charge < -0.3 is 10.0 Å². The number of likely N-dealkylation sites (tertiary alicyclic amines) is 1. The first kappa shape index (κ1) is 17.1. The average molecular weight is 345 g/mol. The van der Waals surface area contributed by atoms with Crippen LogP contribution in [-0.4, -0.2) is 45.2 Å². The van der Waals surface area contributed by atoms with Gasteiger partial charge in [-0.05, 0) is 55.5 Å². The summed E-state index contributed by atoms with van der Waals surface area (Å²) in [6.45, 7) is 1.23. The van der Waals surface area contributed by atoms with Crippen LogP contribution in [0.4, 0.5) is 4.39 Å². The maximum Gasteiger partial charge on any atom is 0.303 e. The van der Waals surface area contributed by atoms with Crippen LogP contribution >= 0.6 is 0 Å². The fraction of sp³-hybridized carbons (Fsp3) is 0.389. The van der Waals surface area contributed by atoms with E-state index in [1.807, 2.05) is 0 Å². The highest BCUT2D eigenvalue weighted by atomic mass is 19.1. The number of carboxylic acids is 1. The van der Waals surface area contributed by atoms with Crippen LogP contribution in [0.3, 0.4) is 0 Å². The van der Waals surface area contributed by atoms with Crippen LogP contribution in [-0.2, 0) is 4.79 Å². The molecule has 6 nitrogen and oxygen atoms in total. The number of carboxylic acid groups (broad SMARTS) is 1. The van der Waals surface area contributed by atoms with Crippen LogP contribution < -0.4 is 0 Å². The Balaban J connectivity index is 1.66. The molecule has 2 N–H and O–H groups in total. The van der Waals surface area contributed by atoms with Crippen molar-refractivity contribution < 1.29 is 19.1 Å². The van der Waals surface area contributed by atoms with Gasteiger partial charge in [-0.15, -0.1) is 0 Å². The van der Waals surface area contributed by atoms with Crippen LogP contribution in [0.15, 0.2) is 30.3 Å². The number of aromatic amines is 1. The largest absolute Gasteiger partial charge is 0.481 e. The van der Waals surface area contributed by atoms with Crippen molar-refractivity contribution in [2.45, 2.75) is 25.7 Å². The quantitative estimate of drug-likeness (QED) is 0.872. The van der Waals surface area contributed by atoms with E-state index in [0.29, 0.717) is 30.9 Å². The molecule has 1 saturated heterocycles. The minimum Gasteiger partial charge on any atom is -0.481 e. The minimum atomic E-state index is -0.805. The van der Waals surface area contributed by atoms with Crippen LogP contribution in [0.5, 0.6) is 0 Å². The third-order valence-corrected chi connectivity index (χ3v) is 4.52. The van der Waals surface area contributed by atoms with E-state index in [2.05, 4.69) is 10.2 Å². The first-order chi connectivity index (χ1) is 12.0. The molecule has 1 amide bonds. The number of aliphatic carboxylic acids is 1. The normalized spacial score (nSPS) is 17.5. The summed E-state index contributed by atoms with van der Waals surface area (Å²) in [5, 5.41) is 15.7. The Labute approximate surface area is 144 Å². The lowest BCUT2D eigenvalue weighted by Crippen LogP contribution is -2.40. The Kier molecular flexibility index (Phi) is 5.11. The Morgan fingerprint density at radius 2 is 2.08 bits per heavy atom. The zero-order valence-electron chi connectivity index (χ0n) is 13.7. The number of carbonyl (C=O) groups is 2. The molecule has 25 heavy (non-hydrogen) atoms. The van der Waals surface area contributed by atoms with Gasteiger partial charge in [0.1, 0.15) is 11.5 Å². The molecule has 7 heteroatoms. The SMILES string of the molecule is O=C(O)CCC1CCCN(C(=O)c2cc(-c3ccc(F)cc3)n[nH]2)C1. The lowest BCUT2D eigenvalue weighted by molar-refractivity contribution is -0.137. The third-order valence-electron chi connectivity index (χ3n) is 4.52. The van der Waals surface area contributed by atoms with Gasteiger partial charge in [0.15, 0.2) is 0 Å². The number of amides is 1. The molecule has 1 atom stereocenters. The molecule has 1 aliphatic heterocycles. The van der Waals surface area contributed by atoms with Gasteiger partial charge in [-0.3, -0.25) is 14.7 Å². The van der Waals surface area contributed by atoms with Crippen molar-refractivity contribution in [1.82, 2.24) is 15.1 Å². The number of piperidine rings is 1. The van der Waals surface area contributed by atoms with Crippen molar-refractivity contribution in [3.8, 4) is 11.3 Å². The summed E-state index contributed by atoms with van der Waals surface area (Å²) in [4.78, 5) is 25.1. The average Bonchev–Trinajstić information content (AvgIpc) is 3.10. The number of rotatable bonds is 5. The number of nitrogens with one attached hydrogen (secondary N) is 1. The van der Waals surface area contributed by atoms with Gasteiger partial charge in [-0.25, -0.2) is 4.39 Å². The molecule has 1 fully saturated rings. The summed E-state index contributed by atoms with van der Waals surface area (Å²) in [7, 11) is 0. The maximum atomic E-state index is 13.0. The van der Waals surface area contributed by atoms with Crippen LogP contribution in [0.2, 0.25) is 0 Å². The van der Waals surface area contributed by atoms with Crippen LogP contribution in [0, 0.1) is 11.7 Å². The van der Waals surface area contributed by atoms with Gasteiger partial charge >= 0.3 is 5.97 Å². The van der Waals surface area contributed by atoms with Crippen LogP contribution in [0.1, 0.15) is 36.2 Å². The lowest BCUT2D eigenvalue weighted by Gasteiger charge is -2.32. The van der Waals surface area contributed by atoms with E-state index in [4.69, 9.17) is 5.11 Å². The zero-order chi connectivity index (χ0) is 17.8. The van der Waals surface area contributed by atoms with Crippen molar-refractivity contribution in [3.63, 3.8) is 0 Å². The first-order valence-corrected chi connectivity index (χ1v) is 8.35. The molecular weight excluding hydrogens is 325 g/mol. The summed E-state index contributed by atoms with van der Waals surface area (Å²) in [6.07, 6.45) is 2.53. The molecular formula is C18H20FN3O3. The molecule has 2 heterocycles. The van der Waals surface area contributed by atoms with Crippen LogP contribution in [0.25, 0.3) is 11.3 Å². The smallest absolute Gasteiger partial charge is 0.303 e. The minimum absolute atomic E-state index is 0.130. The second-order valence-electron chi connectivity index (χ2n) is 6.37. The predicted octanol–water partition coefficient (Wildman–Crippen LogP) is 2.93. The van der Waals surface area contributed by atoms with Crippen molar-refractivity contribution in [3.05, 3.63) is 41.8 Å². The lowest BCUT2D eigenvalue weighted by atomic mass is 9.93. The van der Waals surface area contributed by atoms with Gasteiger partial charge in [0, 0.05) is 25.1 Å². The van der Waals surface area contributed by atoms with Gasteiger partial charge in [-0.2, -0.15) is 5.10 Å². The van der Waals surface area contributed by atoms with Crippen molar-refractivity contribution in [2.24, 2.45) is 5.92 Å². The summed E-state index contributed by atoms with van der Waals surface area (Å²) in [5.74, 6) is -1.05. The number of H-pyrrole nitrogens is 1. The Bertz CT molecular complexity index is 757. The van der Waals surface area contributed by atoms with Gasteiger partial charge in [0.05, 0.1) is 5.69 Å². The fourth-order valence-electron chi connectivity index (χ4n) is 3.18. The zero-order valence-corrected chi connectivity index (χ0v) is 13.7. The maximum absolute atomic E-state index is 13.0. The van der Waals surface area contributed by atoms with Gasteiger partial charge in [0.2, 0.25) is 0 Å². The Morgan fingerprint density at radius 3 is 2.80 bits per heavy atom. The second-order valence-corrected chi connectivity index (χ2v) is 6.37. The third kappa shape index (κ3) is 4.23. The van der Waals surface area contributed by atoms with Crippen molar-refractivity contribution >= 4 is 11.9 Å². The molecule has 1 aromatic heterocycles. The number of carbonyl (C=O) groups excluding carboxylic acids is 1. The molecule has 3 rings (SSSR count). The highest BCUT2D eigenvalue weighted by Gasteiger charge is 2.26. The predicted molar refractivity (Wildman–Crippen MR) is 89.5 cm³/mol. The monoisotopic (exact) mass is 345 g/mol. The topological polar surface area (TPSA) is 86.3 Å². The number of hydrogen-bond acceptors (Lipinski definition) is 3. The number of benzene rings is 1. The summed E-state index contributed by atoms with van der Waals surface area (Å²) in [6, 6.07) is 7.59. The van der Waals surface area contributed by atoms with Crippen molar-refractivity contribution in [2.75, 3.05) is 13.1 Å². The summed E-state index contributed by atoms with van der Waals surface area (Å²) >= 11 is 0. The molecule has 1 aromatic carbocycles. The van der Waals surface area contributed by atoms with E-state index in [-0.39, 0.29) is 24.1 Å². The van der Waals surface area contributed by atoms with E-state index in [0.717, 1.165) is 18.4 Å². The van der Waals surface area contributed by atoms with E-state index >= 15 is 0 Å². The molecule has 0 aliphatic carbocycles. The van der Waals surface area contributed by atoms with E-state index in [9.17, 15) is 14.0 Å². The second kappa shape index (κ2) is 7.46. The van der Waals surface area contributed by atoms with Crippen molar-refractivity contribution in [1.29, 1.82) is 0 Å². The Morgan fingerprint density at radius 1 is 1.32 bits per heavy atom. The molecule has 0 bridgehead atoms. The van der Waals surface area contributed by atoms with Gasteiger partial charge in [-0.1, -0.05) is 0 Å². The number of halogens is 1. The summed E-state index contributed by atoms with van der Waals surface area (Å²) in [5.41, 5.74) is 1.70. The van der Waals surface area contributed by atoms with Gasteiger partial charge in [0.25, 0.3) is 5.91 Å². The first-order valence-electron chi connectivity index (χ1n) is 8.35. The number of hydrogen-bond donors (Lipinski definition) is 2. The molecule has 0 spiro atoms. The molecule has 0 saturated carbocycles. The molecule has 0 radical (unpaired) electrons. The molecule has 1 aliphatic rings. The number of nitrogens with zero attached hydrogens (tertiary/aromatic N) is 2.